The van der Waals surface area contributed by atoms with Crippen molar-refractivity contribution in [1.29, 1.82) is 0 Å². The molecule has 0 radical (unpaired) electrons. The molecule has 0 fully saturated rings. The van der Waals surface area contributed by atoms with E-state index in [1.165, 1.54) is 12.1 Å². The van der Waals surface area contributed by atoms with Gasteiger partial charge in [-0.05, 0) is 43.7 Å². The minimum absolute atomic E-state index is 0.00411. The molecular weight excluding hydrogens is 374 g/mol. The molecule has 2 aromatic rings. The molecular formula is C18H22ClN3O3S. The first-order valence-electron chi connectivity index (χ1n) is 8.13. The van der Waals surface area contributed by atoms with Crippen molar-refractivity contribution < 1.29 is 13.2 Å². The molecule has 0 saturated heterocycles. The molecule has 1 amide bonds. The third kappa shape index (κ3) is 4.97. The fraction of sp³-hybridized carbons (Fsp3) is 0.278. The summed E-state index contributed by atoms with van der Waals surface area (Å²) in [7, 11) is -3.86. The number of carbonyl (C=O) groups excluding carboxylic acids is 1. The zero-order valence-corrected chi connectivity index (χ0v) is 16.2. The van der Waals surface area contributed by atoms with E-state index < -0.39 is 15.6 Å². The van der Waals surface area contributed by atoms with Crippen molar-refractivity contribution >= 4 is 38.9 Å². The lowest BCUT2D eigenvalue weighted by molar-refractivity contribution is -0.120. The molecule has 0 heterocycles. The SMILES string of the molecule is CCCC(C)(N)C(=O)Nc1cccc(S(=O)(=O)Nc2ccccc2Cl)c1. The van der Waals surface area contributed by atoms with Crippen molar-refractivity contribution in [3.05, 3.63) is 53.6 Å². The second-order valence-corrected chi connectivity index (χ2v) is 8.32. The zero-order chi connectivity index (χ0) is 19.4. The Hall–Kier alpha value is -2.09. The van der Waals surface area contributed by atoms with Crippen LogP contribution in [-0.2, 0) is 14.8 Å². The second kappa shape index (κ2) is 8.07. The van der Waals surface area contributed by atoms with Gasteiger partial charge in [0, 0.05) is 5.69 Å². The minimum Gasteiger partial charge on any atom is -0.324 e. The molecule has 0 aliphatic carbocycles. The zero-order valence-electron chi connectivity index (χ0n) is 14.6. The summed E-state index contributed by atoms with van der Waals surface area (Å²) < 4.78 is 27.6. The maximum absolute atomic E-state index is 12.6. The van der Waals surface area contributed by atoms with Crippen molar-refractivity contribution in [3.63, 3.8) is 0 Å². The molecule has 4 N–H and O–H groups in total. The van der Waals surface area contributed by atoms with Crippen LogP contribution in [0.2, 0.25) is 5.02 Å². The van der Waals surface area contributed by atoms with Gasteiger partial charge < -0.3 is 11.1 Å². The monoisotopic (exact) mass is 395 g/mol. The van der Waals surface area contributed by atoms with Crippen LogP contribution in [0.1, 0.15) is 26.7 Å². The maximum Gasteiger partial charge on any atom is 0.262 e. The van der Waals surface area contributed by atoms with Gasteiger partial charge >= 0.3 is 0 Å². The fourth-order valence-electron chi connectivity index (χ4n) is 2.40. The molecule has 26 heavy (non-hydrogen) atoms. The first-order valence-corrected chi connectivity index (χ1v) is 9.99. The average molecular weight is 396 g/mol. The van der Waals surface area contributed by atoms with Crippen LogP contribution in [0.3, 0.4) is 0 Å². The van der Waals surface area contributed by atoms with Gasteiger partial charge in [0.1, 0.15) is 0 Å². The number of sulfonamides is 1. The lowest BCUT2D eigenvalue weighted by atomic mass is 9.96. The van der Waals surface area contributed by atoms with Gasteiger partial charge in [0.15, 0.2) is 0 Å². The van der Waals surface area contributed by atoms with E-state index in [1.807, 2.05) is 6.92 Å². The standard InChI is InChI=1S/C18H22ClN3O3S/c1-3-11-18(2,20)17(23)21-13-7-6-8-14(12-13)26(24,25)22-16-10-5-4-9-15(16)19/h4-10,12,22H,3,11,20H2,1-2H3,(H,21,23). The number of nitrogens with one attached hydrogen (secondary N) is 2. The molecule has 8 heteroatoms. The molecule has 0 aromatic heterocycles. The van der Waals surface area contributed by atoms with Gasteiger partial charge in [0.2, 0.25) is 5.91 Å². The van der Waals surface area contributed by atoms with Crippen LogP contribution < -0.4 is 15.8 Å². The van der Waals surface area contributed by atoms with E-state index in [4.69, 9.17) is 17.3 Å². The fourth-order valence-corrected chi connectivity index (χ4v) is 3.76. The topological polar surface area (TPSA) is 101 Å². The number of benzene rings is 2. The Balaban J connectivity index is 2.23. The van der Waals surface area contributed by atoms with Gasteiger partial charge in [0.05, 0.1) is 21.1 Å². The van der Waals surface area contributed by atoms with Crippen LogP contribution in [0.5, 0.6) is 0 Å². The number of para-hydroxylation sites is 1. The molecule has 6 nitrogen and oxygen atoms in total. The number of carbonyl (C=O) groups is 1. The van der Waals surface area contributed by atoms with Gasteiger partial charge in [-0.25, -0.2) is 8.42 Å². The largest absolute Gasteiger partial charge is 0.324 e. The molecule has 0 aliphatic rings. The first kappa shape index (κ1) is 20.2. The highest BCUT2D eigenvalue weighted by Gasteiger charge is 2.27. The van der Waals surface area contributed by atoms with Crippen LogP contribution in [0.15, 0.2) is 53.4 Å². The highest BCUT2D eigenvalue weighted by molar-refractivity contribution is 7.92. The molecule has 2 rings (SSSR count). The van der Waals surface area contributed by atoms with Crippen molar-refractivity contribution in [1.82, 2.24) is 0 Å². The number of halogens is 1. The summed E-state index contributed by atoms with van der Waals surface area (Å²) in [5, 5.41) is 2.96. The highest BCUT2D eigenvalue weighted by Crippen LogP contribution is 2.25. The van der Waals surface area contributed by atoms with Crippen LogP contribution in [-0.4, -0.2) is 19.9 Å². The van der Waals surface area contributed by atoms with E-state index >= 15 is 0 Å². The summed E-state index contributed by atoms with van der Waals surface area (Å²) in [5.41, 5.74) is 5.61. The van der Waals surface area contributed by atoms with E-state index in [-0.39, 0.29) is 16.5 Å². The lowest BCUT2D eigenvalue weighted by Crippen LogP contribution is -2.48. The predicted molar refractivity (Wildman–Crippen MR) is 105 cm³/mol. The van der Waals surface area contributed by atoms with Crippen LogP contribution in [0.4, 0.5) is 11.4 Å². The number of anilines is 2. The molecule has 1 unspecified atom stereocenters. The molecule has 140 valence electrons. The van der Waals surface area contributed by atoms with Gasteiger partial charge in [-0.1, -0.05) is 43.1 Å². The van der Waals surface area contributed by atoms with Gasteiger partial charge in [-0.3, -0.25) is 9.52 Å². The number of hydrogen-bond acceptors (Lipinski definition) is 4. The summed E-state index contributed by atoms with van der Waals surface area (Å²) in [6, 6.07) is 12.5. The number of amides is 1. The van der Waals surface area contributed by atoms with Crippen molar-refractivity contribution in [2.45, 2.75) is 37.1 Å². The summed E-state index contributed by atoms with van der Waals surface area (Å²) in [6.07, 6.45) is 1.28. The molecule has 0 spiro atoms. The quantitative estimate of drug-likeness (QED) is 0.666. The summed E-state index contributed by atoms with van der Waals surface area (Å²) in [4.78, 5) is 12.3. The second-order valence-electron chi connectivity index (χ2n) is 6.23. The first-order chi connectivity index (χ1) is 12.2. The molecule has 2 aromatic carbocycles. The molecule has 0 bridgehead atoms. The van der Waals surface area contributed by atoms with Gasteiger partial charge in [0.25, 0.3) is 10.0 Å². The lowest BCUT2D eigenvalue weighted by Gasteiger charge is -2.23. The summed E-state index contributed by atoms with van der Waals surface area (Å²) in [6.45, 7) is 3.58. The van der Waals surface area contributed by atoms with E-state index in [9.17, 15) is 13.2 Å². The Morgan fingerprint density at radius 2 is 1.88 bits per heavy atom. The third-order valence-corrected chi connectivity index (χ3v) is 5.50. The normalized spacial score (nSPS) is 13.7. The van der Waals surface area contributed by atoms with E-state index in [0.29, 0.717) is 17.1 Å². The Labute approximate surface area is 158 Å². The third-order valence-electron chi connectivity index (χ3n) is 3.81. The van der Waals surface area contributed by atoms with E-state index in [0.717, 1.165) is 6.42 Å². The highest BCUT2D eigenvalue weighted by atomic mass is 35.5. The van der Waals surface area contributed by atoms with E-state index in [1.54, 1.807) is 43.3 Å². The number of nitrogens with two attached hydrogens (primary N) is 1. The Kier molecular flexibility index (Phi) is 6.28. The Morgan fingerprint density at radius 3 is 2.54 bits per heavy atom. The van der Waals surface area contributed by atoms with Gasteiger partial charge in [-0.2, -0.15) is 0 Å². The van der Waals surface area contributed by atoms with Crippen molar-refractivity contribution in [2.24, 2.45) is 5.73 Å². The van der Waals surface area contributed by atoms with Crippen molar-refractivity contribution in [3.8, 4) is 0 Å². The average Bonchev–Trinajstić information content (AvgIpc) is 2.57. The summed E-state index contributed by atoms with van der Waals surface area (Å²) in [5.74, 6) is -0.368. The Morgan fingerprint density at radius 1 is 1.19 bits per heavy atom. The molecule has 0 saturated carbocycles. The number of rotatable bonds is 7. The van der Waals surface area contributed by atoms with Crippen molar-refractivity contribution in [2.75, 3.05) is 10.0 Å². The Bertz CT molecular complexity index is 898. The maximum atomic E-state index is 12.6. The predicted octanol–water partition coefficient (Wildman–Crippen LogP) is 3.60. The van der Waals surface area contributed by atoms with Crippen LogP contribution >= 0.6 is 11.6 Å². The van der Waals surface area contributed by atoms with E-state index in [2.05, 4.69) is 10.0 Å². The molecule has 1 atom stereocenters. The number of hydrogen-bond donors (Lipinski definition) is 3. The summed E-state index contributed by atoms with van der Waals surface area (Å²) >= 11 is 6.00. The minimum atomic E-state index is -3.86. The van der Waals surface area contributed by atoms with Gasteiger partial charge in [-0.15, -0.1) is 0 Å². The smallest absolute Gasteiger partial charge is 0.262 e. The molecule has 0 aliphatic heterocycles. The van der Waals surface area contributed by atoms with Crippen LogP contribution in [0, 0.1) is 0 Å². The van der Waals surface area contributed by atoms with Crippen LogP contribution in [0.25, 0.3) is 0 Å².